The van der Waals surface area contributed by atoms with E-state index >= 15 is 0 Å². The van der Waals surface area contributed by atoms with Gasteiger partial charge in [-0.1, -0.05) is 12.1 Å². The topological polar surface area (TPSA) is 85.9 Å². The van der Waals surface area contributed by atoms with Crippen LogP contribution in [0.3, 0.4) is 0 Å². The van der Waals surface area contributed by atoms with Crippen LogP contribution >= 0.6 is 0 Å². The predicted molar refractivity (Wildman–Crippen MR) is 116 cm³/mol. The van der Waals surface area contributed by atoms with Crippen molar-refractivity contribution < 1.29 is 4.79 Å². The molecule has 1 aliphatic rings. The van der Waals surface area contributed by atoms with E-state index in [1.54, 1.807) is 36.7 Å². The number of benzene rings is 2. The Morgan fingerprint density at radius 3 is 2.65 bits per heavy atom. The van der Waals surface area contributed by atoms with E-state index in [0.29, 0.717) is 28.7 Å². The molecule has 0 spiro atoms. The first-order chi connectivity index (χ1) is 15.1. The Kier molecular flexibility index (Phi) is 4.82. The first-order valence-electron chi connectivity index (χ1n) is 10.3. The number of aromatic nitrogens is 5. The van der Waals surface area contributed by atoms with E-state index in [9.17, 15) is 9.59 Å². The van der Waals surface area contributed by atoms with E-state index in [1.807, 2.05) is 34.7 Å². The summed E-state index contributed by atoms with van der Waals surface area (Å²) < 4.78 is 3.42. The lowest BCUT2D eigenvalue weighted by Gasteiger charge is -2.32. The van der Waals surface area contributed by atoms with Crippen molar-refractivity contribution in [2.24, 2.45) is 7.05 Å². The van der Waals surface area contributed by atoms with Gasteiger partial charge in [0.05, 0.1) is 16.6 Å². The summed E-state index contributed by atoms with van der Waals surface area (Å²) in [5, 5.41) is 8.75. The summed E-state index contributed by atoms with van der Waals surface area (Å²) in [5.74, 6) is 1.09. The number of para-hydroxylation sites is 1. The van der Waals surface area contributed by atoms with Crippen LogP contribution in [0.2, 0.25) is 0 Å². The number of piperidine rings is 1. The highest BCUT2D eigenvalue weighted by Gasteiger charge is 2.28. The average molecular weight is 414 g/mol. The molecule has 156 valence electrons. The lowest BCUT2D eigenvalue weighted by Crippen LogP contribution is -2.39. The summed E-state index contributed by atoms with van der Waals surface area (Å²) in [5.41, 5.74) is 1.81. The third-order valence-electron chi connectivity index (χ3n) is 5.88. The first kappa shape index (κ1) is 19.2. The van der Waals surface area contributed by atoms with Gasteiger partial charge in [0, 0.05) is 31.6 Å². The number of fused-ring (bicyclic) bond motifs is 1. The second-order valence-corrected chi connectivity index (χ2v) is 7.87. The van der Waals surface area contributed by atoms with Gasteiger partial charge >= 0.3 is 0 Å². The van der Waals surface area contributed by atoms with Crippen LogP contribution < -0.4 is 5.56 Å². The molecule has 1 aliphatic heterocycles. The molecule has 1 saturated heterocycles. The Labute approximate surface area is 178 Å². The van der Waals surface area contributed by atoms with Crippen molar-refractivity contribution in [2.45, 2.75) is 18.8 Å². The largest absolute Gasteiger partial charge is 0.338 e. The van der Waals surface area contributed by atoms with E-state index in [2.05, 4.69) is 15.2 Å². The molecule has 3 heterocycles. The van der Waals surface area contributed by atoms with Crippen LogP contribution in [0.5, 0.6) is 0 Å². The zero-order valence-electron chi connectivity index (χ0n) is 17.2. The molecule has 0 radical (unpaired) electrons. The van der Waals surface area contributed by atoms with Crippen LogP contribution in [0.4, 0.5) is 0 Å². The molecule has 0 aliphatic carbocycles. The molecule has 2 aromatic carbocycles. The monoisotopic (exact) mass is 414 g/mol. The number of likely N-dealkylation sites (tertiary alicyclic amines) is 1. The molecule has 8 heteroatoms. The van der Waals surface area contributed by atoms with Crippen molar-refractivity contribution >= 4 is 16.8 Å². The molecule has 2 aromatic heterocycles. The zero-order valence-corrected chi connectivity index (χ0v) is 17.2. The summed E-state index contributed by atoms with van der Waals surface area (Å²) in [6.07, 6.45) is 5.14. The minimum absolute atomic E-state index is 0.0117. The first-order valence-corrected chi connectivity index (χ1v) is 10.3. The van der Waals surface area contributed by atoms with Gasteiger partial charge in [0.1, 0.15) is 18.5 Å². The molecule has 0 N–H and O–H groups in total. The molecule has 1 fully saturated rings. The molecule has 4 aromatic rings. The number of amides is 1. The molecular weight excluding hydrogens is 392 g/mol. The number of nitrogens with zero attached hydrogens (tertiary/aromatic N) is 6. The van der Waals surface area contributed by atoms with E-state index in [1.165, 1.54) is 10.9 Å². The van der Waals surface area contributed by atoms with Crippen molar-refractivity contribution in [3.8, 4) is 5.69 Å². The van der Waals surface area contributed by atoms with Gasteiger partial charge in [0.25, 0.3) is 11.5 Å². The molecular formula is C23H22N6O2. The standard InChI is InChI=1S/C23H22N6O2/c1-27-15-25-26-21(27)17-5-4-12-28(13-17)22(30)16-8-10-18(11-9-16)29-14-24-20-7-3-2-6-19(20)23(29)31/h2-3,6-11,14-15,17H,4-5,12-13H2,1H3. The number of carbonyl (C=O) groups excluding carboxylic acids is 1. The van der Waals surface area contributed by atoms with Crippen molar-refractivity contribution in [2.75, 3.05) is 13.1 Å². The highest BCUT2D eigenvalue weighted by atomic mass is 16.2. The molecule has 1 unspecified atom stereocenters. The normalized spacial score (nSPS) is 16.5. The maximum Gasteiger partial charge on any atom is 0.265 e. The fraction of sp³-hybridized carbons (Fsp3) is 0.261. The van der Waals surface area contributed by atoms with Crippen LogP contribution in [-0.4, -0.2) is 48.2 Å². The highest BCUT2D eigenvalue weighted by molar-refractivity contribution is 5.94. The fourth-order valence-corrected chi connectivity index (χ4v) is 4.23. The summed E-state index contributed by atoms with van der Waals surface area (Å²) in [6.45, 7) is 1.35. The second kappa shape index (κ2) is 7.79. The number of hydrogen-bond donors (Lipinski definition) is 0. The van der Waals surface area contributed by atoms with E-state index in [0.717, 1.165) is 25.2 Å². The molecule has 1 amide bonds. The Morgan fingerprint density at radius 1 is 1.06 bits per heavy atom. The predicted octanol–water partition coefficient (Wildman–Crippen LogP) is 2.53. The molecule has 8 nitrogen and oxygen atoms in total. The van der Waals surface area contributed by atoms with Gasteiger partial charge in [-0.15, -0.1) is 10.2 Å². The zero-order chi connectivity index (χ0) is 21.4. The van der Waals surface area contributed by atoms with Crippen molar-refractivity contribution in [3.63, 3.8) is 0 Å². The van der Waals surface area contributed by atoms with Gasteiger partial charge in [-0.2, -0.15) is 0 Å². The van der Waals surface area contributed by atoms with Gasteiger partial charge < -0.3 is 9.47 Å². The molecule has 5 rings (SSSR count). The quantitative estimate of drug-likeness (QED) is 0.514. The van der Waals surface area contributed by atoms with Crippen LogP contribution in [0.1, 0.15) is 34.9 Å². The minimum atomic E-state index is -0.132. The second-order valence-electron chi connectivity index (χ2n) is 7.87. The summed E-state index contributed by atoms with van der Waals surface area (Å²) in [6, 6.07) is 14.4. The van der Waals surface area contributed by atoms with E-state index in [-0.39, 0.29) is 17.4 Å². The number of rotatable bonds is 3. The van der Waals surface area contributed by atoms with Crippen LogP contribution in [-0.2, 0) is 7.05 Å². The Hall–Kier alpha value is -3.81. The SMILES string of the molecule is Cn1cnnc1C1CCCN(C(=O)c2ccc(-n3cnc4ccccc4c3=O)cc2)C1. The van der Waals surface area contributed by atoms with Crippen LogP contribution in [0.25, 0.3) is 16.6 Å². The van der Waals surface area contributed by atoms with Crippen molar-refractivity contribution in [3.05, 3.63) is 82.9 Å². The maximum absolute atomic E-state index is 13.1. The fourth-order valence-electron chi connectivity index (χ4n) is 4.23. The number of aryl methyl sites for hydroxylation is 1. The Bertz CT molecular complexity index is 1310. The maximum atomic E-state index is 13.1. The smallest absolute Gasteiger partial charge is 0.265 e. The van der Waals surface area contributed by atoms with Gasteiger partial charge in [0.15, 0.2) is 0 Å². The van der Waals surface area contributed by atoms with Crippen LogP contribution in [0.15, 0.2) is 66.0 Å². The lowest BCUT2D eigenvalue weighted by atomic mass is 9.96. The lowest BCUT2D eigenvalue weighted by molar-refractivity contribution is 0.0703. The third-order valence-corrected chi connectivity index (χ3v) is 5.88. The number of carbonyl (C=O) groups is 1. The van der Waals surface area contributed by atoms with Crippen molar-refractivity contribution in [1.82, 2.24) is 29.2 Å². The van der Waals surface area contributed by atoms with E-state index < -0.39 is 0 Å². The van der Waals surface area contributed by atoms with Gasteiger partial charge in [0.2, 0.25) is 0 Å². The molecule has 0 bridgehead atoms. The Morgan fingerprint density at radius 2 is 1.87 bits per heavy atom. The highest BCUT2D eigenvalue weighted by Crippen LogP contribution is 2.26. The van der Waals surface area contributed by atoms with Gasteiger partial charge in [-0.3, -0.25) is 14.2 Å². The van der Waals surface area contributed by atoms with Gasteiger partial charge in [-0.25, -0.2) is 4.98 Å². The molecule has 31 heavy (non-hydrogen) atoms. The average Bonchev–Trinajstić information content (AvgIpc) is 3.25. The van der Waals surface area contributed by atoms with Crippen LogP contribution in [0, 0.1) is 0 Å². The van der Waals surface area contributed by atoms with Gasteiger partial charge in [-0.05, 0) is 49.2 Å². The summed E-state index contributed by atoms with van der Waals surface area (Å²) in [4.78, 5) is 32.1. The third kappa shape index (κ3) is 3.50. The Balaban J connectivity index is 1.38. The number of hydrogen-bond acceptors (Lipinski definition) is 5. The van der Waals surface area contributed by atoms with E-state index in [4.69, 9.17) is 0 Å². The molecule has 0 saturated carbocycles. The summed E-state index contributed by atoms with van der Waals surface area (Å²) >= 11 is 0. The minimum Gasteiger partial charge on any atom is -0.338 e. The molecule has 1 atom stereocenters. The van der Waals surface area contributed by atoms with Crippen molar-refractivity contribution in [1.29, 1.82) is 0 Å². The summed E-state index contributed by atoms with van der Waals surface area (Å²) in [7, 11) is 1.93.